The first kappa shape index (κ1) is 23.0. The molecule has 174 valence electrons. The fourth-order valence-electron chi connectivity index (χ4n) is 4.34. The summed E-state index contributed by atoms with van der Waals surface area (Å²) >= 11 is 0. The quantitative estimate of drug-likeness (QED) is 0.213. The van der Waals surface area contributed by atoms with Crippen molar-refractivity contribution in [1.29, 1.82) is 0 Å². The summed E-state index contributed by atoms with van der Waals surface area (Å²) in [5.74, 6) is -4.73. The summed E-state index contributed by atoms with van der Waals surface area (Å²) in [6.45, 7) is 1.15. The number of hydrogen-bond acceptors (Lipinski definition) is 6. The first-order valence-electron chi connectivity index (χ1n) is 10.6. The topological polar surface area (TPSA) is 118 Å². The molecule has 9 nitrogen and oxygen atoms in total. The molecule has 0 N–H and O–H groups in total. The number of allylic oxidation sites excluding steroid dienone is 2. The molecule has 1 aliphatic carbocycles. The van der Waals surface area contributed by atoms with Crippen LogP contribution in [0.5, 0.6) is 0 Å². The van der Waals surface area contributed by atoms with E-state index in [1.54, 1.807) is 6.92 Å². The molecule has 34 heavy (non-hydrogen) atoms. The molecule has 1 saturated heterocycles. The maximum atomic E-state index is 13.4. The van der Waals surface area contributed by atoms with Crippen LogP contribution in [0, 0.1) is 33.7 Å². The maximum Gasteiger partial charge on any atom is 0.273 e. The van der Waals surface area contributed by atoms with E-state index in [9.17, 15) is 33.7 Å². The van der Waals surface area contributed by atoms with Crippen LogP contribution in [0.25, 0.3) is 0 Å². The molecule has 0 spiro atoms. The summed E-state index contributed by atoms with van der Waals surface area (Å²) in [7, 11) is 0. The summed E-state index contributed by atoms with van der Waals surface area (Å²) in [5.41, 5.74) is -0.196. The molecule has 3 amide bonds. The number of carbonyl (C=O) groups excluding carboxylic acids is 4. The van der Waals surface area contributed by atoms with E-state index in [4.69, 9.17) is 0 Å². The highest BCUT2D eigenvalue weighted by Gasteiger charge is 2.53. The number of non-ortho nitro benzene ring substituents is 1. The largest absolute Gasteiger partial charge is 0.292 e. The number of rotatable bonds is 6. The first-order chi connectivity index (χ1) is 16.2. The van der Waals surface area contributed by atoms with Gasteiger partial charge in [0.1, 0.15) is 12.4 Å². The molecule has 0 unspecified atom stereocenters. The molecule has 10 heteroatoms. The van der Waals surface area contributed by atoms with Gasteiger partial charge in [0, 0.05) is 23.3 Å². The van der Waals surface area contributed by atoms with Crippen molar-refractivity contribution in [3.63, 3.8) is 0 Å². The molecule has 3 atom stereocenters. The van der Waals surface area contributed by atoms with Crippen LogP contribution in [0.1, 0.15) is 34.1 Å². The minimum Gasteiger partial charge on any atom is -0.292 e. The van der Waals surface area contributed by atoms with Crippen molar-refractivity contribution >= 4 is 29.2 Å². The van der Waals surface area contributed by atoms with E-state index in [2.05, 4.69) is 0 Å². The average Bonchev–Trinajstić information content (AvgIpc) is 3.08. The van der Waals surface area contributed by atoms with Gasteiger partial charge < -0.3 is 0 Å². The number of Topliss-reactive ketones (excluding diaryl/α,β-unsaturated/α-hetero) is 1. The maximum absolute atomic E-state index is 13.4. The molecule has 0 aromatic heterocycles. The lowest BCUT2D eigenvalue weighted by molar-refractivity contribution is -0.384. The Morgan fingerprint density at radius 3 is 2.26 bits per heavy atom. The van der Waals surface area contributed by atoms with Crippen molar-refractivity contribution < 1.29 is 28.5 Å². The van der Waals surface area contributed by atoms with Gasteiger partial charge in [0.2, 0.25) is 0 Å². The predicted octanol–water partition coefficient (Wildman–Crippen LogP) is 3.17. The summed E-state index contributed by atoms with van der Waals surface area (Å²) < 4.78 is 13.3. The van der Waals surface area contributed by atoms with Crippen molar-refractivity contribution in [3.05, 3.63) is 87.7 Å². The molecule has 4 rings (SSSR count). The number of halogens is 1. The van der Waals surface area contributed by atoms with Crippen LogP contribution in [0.4, 0.5) is 10.1 Å². The second-order valence-electron chi connectivity index (χ2n) is 8.24. The van der Waals surface area contributed by atoms with Gasteiger partial charge in [-0.2, -0.15) is 5.01 Å². The Balaban J connectivity index is 1.70. The Morgan fingerprint density at radius 1 is 1.06 bits per heavy atom. The van der Waals surface area contributed by atoms with Crippen molar-refractivity contribution in [3.8, 4) is 0 Å². The third kappa shape index (κ3) is 4.09. The fraction of sp³-hybridized carbons (Fsp3) is 0.250. The standard InChI is InChI=1S/C24H20FN3O6/c1-14-3-2-4-19-21(14)24(32)27(23(19)31)26(13-20(29)15-5-9-17(25)10-6-15)22(30)16-7-11-18(12-8-16)28(33)34/h2-3,5-12,14,19,21H,4,13H2,1H3/t14-,19+,21+/m1/s1. The predicted molar refractivity (Wildman–Crippen MR) is 117 cm³/mol. The van der Waals surface area contributed by atoms with Gasteiger partial charge in [-0.25, -0.2) is 9.40 Å². The van der Waals surface area contributed by atoms with E-state index < -0.39 is 52.6 Å². The van der Waals surface area contributed by atoms with Crippen molar-refractivity contribution in [2.75, 3.05) is 6.54 Å². The van der Waals surface area contributed by atoms with Gasteiger partial charge in [0.05, 0.1) is 16.8 Å². The molecular formula is C24H20FN3O6. The zero-order valence-electron chi connectivity index (χ0n) is 18.1. The third-order valence-electron chi connectivity index (χ3n) is 6.11. The Morgan fingerprint density at radius 2 is 1.68 bits per heavy atom. The molecule has 2 aromatic rings. The van der Waals surface area contributed by atoms with Gasteiger partial charge >= 0.3 is 0 Å². The van der Waals surface area contributed by atoms with Gasteiger partial charge in [-0.3, -0.25) is 29.3 Å². The summed E-state index contributed by atoms with van der Waals surface area (Å²) in [6, 6.07) is 9.28. The second kappa shape index (κ2) is 8.97. The van der Waals surface area contributed by atoms with Gasteiger partial charge in [-0.15, -0.1) is 0 Å². The number of nitro groups is 1. The fourth-order valence-corrected chi connectivity index (χ4v) is 4.34. The number of nitrogens with zero attached hydrogens (tertiary/aromatic N) is 3. The monoisotopic (exact) mass is 465 g/mol. The molecule has 2 aliphatic rings. The summed E-state index contributed by atoms with van der Waals surface area (Å²) in [5, 5.41) is 12.5. The molecule has 1 heterocycles. The normalized spacial score (nSPS) is 21.4. The minimum absolute atomic E-state index is 0.0425. The summed E-state index contributed by atoms with van der Waals surface area (Å²) in [4.78, 5) is 63.1. The number of hydrogen-bond donors (Lipinski definition) is 0. The lowest BCUT2D eigenvalue weighted by Crippen LogP contribution is -2.52. The SMILES string of the molecule is C[C@@H]1C=CC[C@@H]2C(=O)N(N(CC(=O)c3ccc(F)cc3)C(=O)c3ccc([N+](=O)[O-])cc3)C(=O)[C@@H]12. The van der Waals surface area contributed by atoms with E-state index in [-0.39, 0.29) is 22.7 Å². The Kier molecular flexibility index (Phi) is 6.06. The Bertz CT molecular complexity index is 1210. The number of imide groups is 1. The van der Waals surface area contributed by atoms with E-state index in [0.717, 1.165) is 34.3 Å². The molecule has 1 aliphatic heterocycles. The number of ketones is 1. The number of amides is 3. The lowest BCUT2D eigenvalue weighted by Gasteiger charge is -2.30. The third-order valence-corrected chi connectivity index (χ3v) is 6.11. The van der Waals surface area contributed by atoms with Crippen LogP contribution in [-0.4, -0.2) is 45.0 Å². The number of nitro benzene ring substituents is 1. The average molecular weight is 465 g/mol. The van der Waals surface area contributed by atoms with E-state index in [1.807, 2.05) is 12.2 Å². The zero-order chi connectivity index (χ0) is 24.6. The number of hydrazine groups is 1. The molecule has 0 radical (unpaired) electrons. The van der Waals surface area contributed by atoms with Crippen LogP contribution < -0.4 is 0 Å². The Hall–Kier alpha value is -4.21. The Labute approximate surface area is 193 Å². The van der Waals surface area contributed by atoms with E-state index in [1.165, 1.54) is 24.3 Å². The second-order valence-corrected chi connectivity index (χ2v) is 8.24. The molecule has 0 bridgehead atoms. The van der Waals surface area contributed by atoms with Crippen LogP contribution in [0.3, 0.4) is 0 Å². The minimum atomic E-state index is -0.841. The van der Waals surface area contributed by atoms with Crippen LogP contribution in [-0.2, 0) is 9.59 Å². The van der Waals surface area contributed by atoms with Crippen molar-refractivity contribution in [2.24, 2.45) is 17.8 Å². The van der Waals surface area contributed by atoms with Gasteiger partial charge in [-0.05, 0) is 48.7 Å². The molecular weight excluding hydrogens is 445 g/mol. The molecule has 2 aromatic carbocycles. The highest BCUT2D eigenvalue weighted by Crippen LogP contribution is 2.39. The number of fused-ring (bicyclic) bond motifs is 1. The van der Waals surface area contributed by atoms with Gasteiger partial charge in [0.25, 0.3) is 23.4 Å². The zero-order valence-corrected chi connectivity index (χ0v) is 18.1. The van der Waals surface area contributed by atoms with E-state index >= 15 is 0 Å². The van der Waals surface area contributed by atoms with Gasteiger partial charge in [0.15, 0.2) is 5.78 Å². The number of carbonyl (C=O) groups is 4. The van der Waals surface area contributed by atoms with Gasteiger partial charge in [-0.1, -0.05) is 19.1 Å². The molecule has 1 fully saturated rings. The van der Waals surface area contributed by atoms with Crippen LogP contribution in [0.2, 0.25) is 0 Å². The van der Waals surface area contributed by atoms with Crippen LogP contribution in [0.15, 0.2) is 60.7 Å². The smallest absolute Gasteiger partial charge is 0.273 e. The first-order valence-corrected chi connectivity index (χ1v) is 10.6. The number of benzene rings is 2. The van der Waals surface area contributed by atoms with Crippen LogP contribution >= 0.6 is 0 Å². The van der Waals surface area contributed by atoms with Crippen molar-refractivity contribution in [1.82, 2.24) is 10.0 Å². The van der Waals surface area contributed by atoms with E-state index in [0.29, 0.717) is 6.42 Å². The van der Waals surface area contributed by atoms with Crippen molar-refractivity contribution in [2.45, 2.75) is 13.3 Å². The molecule has 0 saturated carbocycles. The summed E-state index contributed by atoms with van der Waals surface area (Å²) in [6.07, 6.45) is 3.98. The highest BCUT2D eigenvalue weighted by molar-refractivity contribution is 6.09. The highest BCUT2D eigenvalue weighted by atomic mass is 19.1. The lowest BCUT2D eigenvalue weighted by atomic mass is 9.78.